The van der Waals surface area contributed by atoms with Crippen LogP contribution in [0.15, 0.2) is 0 Å². The van der Waals surface area contributed by atoms with Gasteiger partial charge in [-0.3, -0.25) is 0 Å². The van der Waals surface area contributed by atoms with Crippen molar-refractivity contribution in [2.45, 2.75) is 0 Å². The summed E-state index contributed by atoms with van der Waals surface area (Å²) in [6, 6.07) is 0. The SMILES string of the molecule is NP(=O)([O-])[O-].[Na+].[Na+]. The Morgan fingerprint density at radius 2 is 1.29 bits per heavy atom. The second-order valence-electron chi connectivity index (χ2n) is 0.540. The summed E-state index contributed by atoms with van der Waals surface area (Å²) < 4.78 is 8.88. The first-order valence-corrected chi connectivity index (χ1v) is 2.42. The molecule has 0 atom stereocenters. The Morgan fingerprint density at radius 3 is 1.29 bits per heavy atom. The molecular formula is H2NNa2O3P. The quantitative estimate of drug-likeness (QED) is 0.268. The van der Waals surface area contributed by atoms with E-state index >= 15 is 0 Å². The van der Waals surface area contributed by atoms with E-state index in [9.17, 15) is 0 Å². The maximum Gasteiger partial charge on any atom is 1.00 e. The monoisotopic (exact) mass is 141 g/mol. The van der Waals surface area contributed by atoms with Gasteiger partial charge in [0, 0.05) is 0 Å². The van der Waals surface area contributed by atoms with Crippen LogP contribution in [0.1, 0.15) is 0 Å². The van der Waals surface area contributed by atoms with Gasteiger partial charge in [-0.05, 0) is 7.75 Å². The fraction of sp³-hybridized carbons (Fsp3) is 0. The molecule has 0 aromatic rings. The van der Waals surface area contributed by atoms with Gasteiger partial charge in [0.1, 0.15) is 0 Å². The molecule has 0 amide bonds. The first-order chi connectivity index (χ1) is 2.00. The van der Waals surface area contributed by atoms with Crippen molar-refractivity contribution in [3.63, 3.8) is 0 Å². The summed E-state index contributed by atoms with van der Waals surface area (Å²) in [5.74, 6) is 0. The molecule has 0 fully saturated rings. The van der Waals surface area contributed by atoms with Crippen LogP contribution in [0.25, 0.3) is 0 Å². The number of hydrogen-bond donors (Lipinski definition) is 1. The van der Waals surface area contributed by atoms with Crippen LogP contribution in [0.3, 0.4) is 0 Å². The minimum Gasteiger partial charge on any atom is -0.799 e. The molecule has 7 heavy (non-hydrogen) atoms. The predicted molar refractivity (Wildman–Crippen MR) is 11.8 cm³/mol. The molecule has 0 aliphatic carbocycles. The molecule has 0 spiro atoms. The summed E-state index contributed by atoms with van der Waals surface area (Å²) in [4.78, 5) is 17.8. The average molecular weight is 141 g/mol. The van der Waals surface area contributed by atoms with Gasteiger partial charge in [-0.2, -0.15) is 0 Å². The second-order valence-corrected chi connectivity index (χ2v) is 1.62. The minimum absolute atomic E-state index is 0. The van der Waals surface area contributed by atoms with Crippen molar-refractivity contribution in [3.05, 3.63) is 0 Å². The van der Waals surface area contributed by atoms with E-state index in [0.29, 0.717) is 0 Å². The van der Waals surface area contributed by atoms with E-state index < -0.39 is 7.75 Å². The Bertz CT molecular complexity index is 59.1. The minimum atomic E-state index is -4.64. The van der Waals surface area contributed by atoms with Gasteiger partial charge in [0.15, 0.2) is 0 Å². The van der Waals surface area contributed by atoms with Crippen LogP contribution in [0, 0.1) is 0 Å². The molecule has 0 saturated heterocycles. The molecule has 0 radical (unpaired) electrons. The van der Waals surface area contributed by atoms with Crippen LogP contribution < -0.4 is 74.4 Å². The summed E-state index contributed by atoms with van der Waals surface area (Å²) >= 11 is 0. The van der Waals surface area contributed by atoms with Gasteiger partial charge >= 0.3 is 59.1 Å². The summed E-state index contributed by atoms with van der Waals surface area (Å²) in [5, 5.41) is 0. The van der Waals surface area contributed by atoms with E-state index in [1.54, 1.807) is 0 Å². The molecule has 2 N–H and O–H groups in total. The topological polar surface area (TPSA) is 89.2 Å². The molecule has 0 saturated carbocycles. The summed E-state index contributed by atoms with van der Waals surface area (Å²) in [6.07, 6.45) is 0. The fourth-order valence-corrected chi connectivity index (χ4v) is 0. The van der Waals surface area contributed by atoms with E-state index in [1.807, 2.05) is 0 Å². The third kappa shape index (κ3) is 68.0. The van der Waals surface area contributed by atoms with Crippen molar-refractivity contribution in [2.24, 2.45) is 5.50 Å². The van der Waals surface area contributed by atoms with Gasteiger partial charge in [0.05, 0.1) is 0 Å². The summed E-state index contributed by atoms with van der Waals surface area (Å²) in [7, 11) is -4.64. The molecule has 0 rings (SSSR count). The Labute approximate surface area is 85.6 Å². The fourth-order valence-electron chi connectivity index (χ4n) is 0. The van der Waals surface area contributed by atoms with Gasteiger partial charge in [-0.25, -0.2) is 0 Å². The van der Waals surface area contributed by atoms with E-state index in [-0.39, 0.29) is 59.1 Å². The molecular weight excluding hydrogens is 139 g/mol. The maximum absolute atomic E-state index is 8.88. The Hall–Kier alpha value is 2.11. The van der Waals surface area contributed by atoms with Crippen molar-refractivity contribution in [1.82, 2.24) is 0 Å². The number of hydrogen-bond acceptors (Lipinski definition) is 3. The molecule has 32 valence electrons. The second kappa shape index (κ2) is 6.23. The third-order valence-electron chi connectivity index (χ3n) is 0. The summed E-state index contributed by atoms with van der Waals surface area (Å²) in [6.45, 7) is 0. The molecule has 0 aromatic carbocycles. The third-order valence-corrected chi connectivity index (χ3v) is 0. The Morgan fingerprint density at radius 1 is 1.29 bits per heavy atom. The van der Waals surface area contributed by atoms with Crippen molar-refractivity contribution in [1.29, 1.82) is 0 Å². The molecule has 0 bridgehead atoms. The van der Waals surface area contributed by atoms with E-state index in [2.05, 4.69) is 5.50 Å². The normalized spacial score (nSPS) is 8.43. The van der Waals surface area contributed by atoms with Gasteiger partial charge in [-0.1, -0.05) is 0 Å². The Kier molecular flexibility index (Phi) is 14.3. The van der Waals surface area contributed by atoms with E-state index in [1.165, 1.54) is 0 Å². The van der Waals surface area contributed by atoms with Crippen LogP contribution in [-0.4, -0.2) is 0 Å². The first kappa shape index (κ1) is 16.1. The largest absolute Gasteiger partial charge is 1.00 e. The zero-order chi connectivity index (χ0) is 4.50. The molecule has 0 heterocycles. The molecule has 0 unspecified atom stereocenters. The van der Waals surface area contributed by atoms with Crippen LogP contribution in [0.5, 0.6) is 0 Å². The van der Waals surface area contributed by atoms with E-state index in [4.69, 9.17) is 14.4 Å². The van der Waals surface area contributed by atoms with Crippen molar-refractivity contribution < 1.29 is 73.5 Å². The van der Waals surface area contributed by atoms with Crippen molar-refractivity contribution in [2.75, 3.05) is 0 Å². The number of rotatable bonds is 0. The molecule has 7 heteroatoms. The molecule has 0 aromatic heterocycles. The standard InChI is InChI=1S/H4NO3P.2Na/c1-5(2,3)4;;/h(H4,1,2,3,4);;/q;2*+1/p-2. The first-order valence-electron chi connectivity index (χ1n) is 0.806. The van der Waals surface area contributed by atoms with Gasteiger partial charge in [-0.15, -0.1) is 0 Å². The Balaban J connectivity index is -0.0000000800. The van der Waals surface area contributed by atoms with Crippen LogP contribution >= 0.6 is 7.75 Å². The van der Waals surface area contributed by atoms with Crippen LogP contribution in [-0.2, 0) is 4.57 Å². The number of nitrogens with two attached hydrogens (primary N) is 1. The smallest absolute Gasteiger partial charge is 0.799 e. The molecule has 4 nitrogen and oxygen atoms in total. The van der Waals surface area contributed by atoms with Crippen molar-refractivity contribution in [3.8, 4) is 0 Å². The maximum atomic E-state index is 8.88. The average Bonchev–Trinajstić information content (AvgIpc) is 0.722. The molecule has 0 aliphatic rings. The van der Waals surface area contributed by atoms with Crippen LogP contribution in [0.2, 0.25) is 0 Å². The zero-order valence-electron chi connectivity index (χ0n) is 4.25. The van der Waals surface area contributed by atoms with Crippen molar-refractivity contribution >= 4 is 7.75 Å². The molecule has 0 aliphatic heterocycles. The van der Waals surface area contributed by atoms with E-state index in [0.717, 1.165) is 0 Å². The zero-order valence-corrected chi connectivity index (χ0v) is 9.14. The van der Waals surface area contributed by atoms with Gasteiger partial charge in [0.2, 0.25) is 0 Å². The predicted octanol–water partition coefficient (Wildman–Crippen LogP) is -8.22. The summed E-state index contributed by atoms with van der Waals surface area (Å²) in [5.41, 5.74) is 3.80. The van der Waals surface area contributed by atoms with Crippen LogP contribution in [0.4, 0.5) is 0 Å². The van der Waals surface area contributed by atoms with Gasteiger partial charge in [0.25, 0.3) is 0 Å². The van der Waals surface area contributed by atoms with Gasteiger partial charge < -0.3 is 19.9 Å².